The molecule has 1 fully saturated rings. The van der Waals surface area contributed by atoms with E-state index in [4.69, 9.17) is 9.47 Å². The first-order chi connectivity index (χ1) is 15.2. The molecule has 1 aliphatic rings. The highest BCUT2D eigenvalue weighted by atomic mass is 32.2. The predicted molar refractivity (Wildman–Crippen MR) is 122 cm³/mol. The Kier molecular flexibility index (Phi) is 9.92. The molecule has 1 aromatic rings. The van der Waals surface area contributed by atoms with Crippen molar-refractivity contribution in [3.05, 3.63) is 18.2 Å². The molecular formula is C22H35N3O6S. The molecule has 1 heterocycles. The van der Waals surface area contributed by atoms with Gasteiger partial charge in [0.25, 0.3) is 0 Å². The number of carbonyl (C=O) groups excluding carboxylic acids is 2. The van der Waals surface area contributed by atoms with Crippen LogP contribution in [-0.2, 0) is 24.3 Å². The smallest absolute Gasteiger partial charge is 0.309 e. The number of nitrogens with zero attached hydrogens (tertiary/aromatic N) is 2. The van der Waals surface area contributed by atoms with Gasteiger partial charge in [0.1, 0.15) is 5.75 Å². The summed E-state index contributed by atoms with van der Waals surface area (Å²) in [6, 6.07) is 4.51. The number of sulfonamides is 1. The third-order valence-corrected chi connectivity index (χ3v) is 7.49. The summed E-state index contributed by atoms with van der Waals surface area (Å²) < 4.78 is 37.9. The van der Waals surface area contributed by atoms with E-state index in [-0.39, 0.29) is 29.2 Å². The molecule has 1 aromatic carbocycles. The monoisotopic (exact) mass is 469 g/mol. The summed E-state index contributed by atoms with van der Waals surface area (Å²) >= 11 is 0. The number of benzene rings is 1. The van der Waals surface area contributed by atoms with Crippen LogP contribution in [0.4, 0.5) is 5.69 Å². The Morgan fingerprint density at radius 1 is 1.16 bits per heavy atom. The van der Waals surface area contributed by atoms with E-state index in [1.807, 2.05) is 11.8 Å². The Morgan fingerprint density at radius 2 is 1.81 bits per heavy atom. The Hall–Kier alpha value is -2.17. The van der Waals surface area contributed by atoms with Gasteiger partial charge in [-0.3, -0.25) is 14.5 Å². The molecule has 1 amide bonds. The van der Waals surface area contributed by atoms with Crippen LogP contribution in [0.15, 0.2) is 23.1 Å². The number of anilines is 1. The minimum Gasteiger partial charge on any atom is -0.495 e. The Morgan fingerprint density at radius 3 is 2.38 bits per heavy atom. The summed E-state index contributed by atoms with van der Waals surface area (Å²) in [6.07, 6.45) is 3.74. The van der Waals surface area contributed by atoms with E-state index in [2.05, 4.69) is 5.32 Å². The van der Waals surface area contributed by atoms with Gasteiger partial charge in [-0.15, -0.1) is 0 Å². The van der Waals surface area contributed by atoms with Gasteiger partial charge in [-0.25, -0.2) is 8.42 Å². The summed E-state index contributed by atoms with van der Waals surface area (Å²) in [5.74, 6) is -0.660. The fourth-order valence-electron chi connectivity index (χ4n) is 3.74. The van der Waals surface area contributed by atoms with E-state index in [9.17, 15) is 18.0 Å². The van der Waals surface area contributed by atoms with Crippen molar-refractivity contribution in [2.45, 2.75) is 44.4 Å². The molecule has 1 atom stereocenters. The van der Waals surface area contributed by atoms with Crippen molar-refractivity contribution in [1.29, 1.82) is 0 Å². The summed E-state index contributed by atoms with van der Waals surface area (Å²) in [5.41, 5.74) is 0.297. The number of amides is 1. The summed E-state index contributed by atoms with van der Waals surface area (Å²) in [6.45, 7) is 5.62. The lowest BCUT2D eigenvalue weighted by Crippen LogP contribution is -2.38. The maximum atomic E-state index is 13.1. The zero-order chi connectivity index (χ0) is 23.7. The normalized spacial score (nSPS) is 16.3. The molecule has 1 N–H and O–H groups in total. The van der Waals surface area contributed by atoms with E-state index in [1.54, 1.807) is 13.0 Å². The summed E-state index contributed by atoms with van der Waals surface area (Å²) in [5, 5.41) is 2.77. The van der Waals surface area contributed by atoms with Crippen molar-refractivity contribution in [1.82, 2.24) is 9.21 Å². The van der Waals surface area contributed by atoms with Crippen LogP contribution in [0, 0.1) is 5.92 Å². The number of likely N-dealkylation sites (N-methyl/N-ethyl adjacent to an activating group) is 1. The molecule has 32 heavy (non-hydrogen) atoms. The first-order valence-corrected chi connectivity index (χ1v) is 12.4. The van der Waals surface area contributed by atoms with E-state index in [0.717, 1.165) is 25.7 Å². The number of esters is 1. The summed E-state index contributed by atoms with van der Waals surface area (Å²) in [7, 11) is -0.863. The lowest BCUT2D eigenvalue weighted by molar-refractivity contribution is -0.145. The van der Waals surface area contributed by atoms with E-state index in [0.29, 0.717) is 37.6 Å². The minimum atomic E-state index is -3.66. The molecule has 0 radical (unpaired) electrons. The molecule has 0 aliphatic carbocycles. The maximum Gasteiger partial charge on any atom is 0.309 e. The van der Waals surface area contributed by atoms with Gasteiger partial charge in [0.15, 0.2) is 0 Å². The second kappa shape index (κ2) is 12.2. The molecule has 0 spiro atoms. The lowest BCUT2D eigenvalue weighted by atomic mass is 10.1. The second-order valence-electron chi connectivity index (χ2n) is 7.98. The molecular weight excluding hydrogens is 434 g/mol. The average molecular weight is 470 g/mol. The van der Waals surface area contributed by atoms with Gasteiger partial charge in [-0.2, -0.15) is 4.31 Å². The predicted octanol–water partition coefficient (Wildman–Crippen LogP) is 2.33. The van der Waals surface area contributed by atoms with Crippen LogP contribution >= 0.6 is 0 Å². The fraction of sp³-hybridized carbons (Fsp3) is 0.636. The molecule has 9 nitrogen and oxygen atoms in total. The van der Waals surface area contributed by atoms with Crippen molar-refractivity contribution in [3.63, 3.8) is 0 Å². The Bertz CT molecular complexity index is 882. The maximum absolute atomic E-state index is 13.1. The number of ether oxygens (including phenoxy) is 2. The molecule has 0 bridgehead atoms. The standard InChI is InChI=1S/C22H35N3O6S/c1-5-24(15-17(2)22(27)31-4)16-21(26)23-19-14-18(10-11-20(19)30-3)32(28,29)25-12-8-6-7-9-13-25/h10-11,14,17H,5-9,12-13,15-16H2,1-4H3,(H,23,26). The third kappa shape index (κ3) is 6.91. The molecule has 1 saturated heterocycles. The number of hydrogen-bond acceptors (Lipinski definition) is 7. The van der Waals surface area contributed by atoms with Crippen LogP contribution in [0.5, 0.6) is 5.75 Å². The van der Waals surface area contributed by atoms with Crippen LogP contribution in [0.25, 0.3) is 0 Å². The largest absolute Gasteiger partial charge is 0.495 e. The van der Waals surface area contributed by atoms with Gasteiger partial charge in [0.2, 0.25) is 15.9 Å². The van der Waals surface area contributed by atoms with Crippen molar-refractivity contribution >= 4 is 27.6 Å². The quantitative estimate of drug-likeness (QED) is 0.524. The average Bonchev–Trinajstić information content (AvgIpc) is 3.08. The van der Waals surface area contributed by atoms with E-state index < -0.39 is 10.0 Å². The van der Waals surface area contributed by atoms with Crippen LogP contribution in [0.2, 0.25) is 0 Å². The topological polar surface area (TPSA) is 105 Å². The number of rotatable bonds is 10. The van der Waals surface area contributed by atoms with Crippen molar-refractivity contribution in [2.24, 2.45) is 5.92 Å². The zero-order valence-corrected chi connectivity index (χ0v) is 20.2. The zero-order valence-electron chi connectivity index (χ0n) is 19.4. The molecule has 10 heteroatoms. The second-order valence-corrected chi connectivity index (χ2v) is 9.92. The van der Waals surface area contributed by atoms with Gasteiger partial charge in [0, 0.05) is 19.6 Å². The third-order valence-electron chi connectivity index (χ3n) is 5.60. The van der Waals surface area contributed by atoms with Crippen molar-refractivity contribution in [3.8, 4) is 5.75 Å². The molecule has 0 saturated carbocycles. The summed E-state index contributed by atoms with van der Waals surface area (Å²) in [4.78, 5) is 26.3. The number of carbonyl (C=O) groups is 2. The molecule has 1 aliphatic heterocycles. The van der Waals surface area contributed by atoms with Gasteiger partial charge < -0.3 is 14.8 Å². The van der Waals surface area contributed by atoms with Crippen LogP contribution in [0.1, 0.15) is 39.5 Å². The highest BCUT2D eigenvalue weighted by molar-refractivity contribution is 7.89. The van der Waals surface area contributed by atoms with Crippen molar-refractivity contribution < 1.29 is 27.5 Å². The number of nitrogens with one attached hydrogen (secondary N) is 1. The molecule has 1 unspecified atom stereocenters. The Labute approximate surface area is 191 Å². The molecule has 0 aromatic heterocycles. The highest BCUT2D eigenvalue weighted by Gasteiger charge is 2.26. The van der Waals surface area contributed by atoms with Gasteiger partial charge in [-0.05, 0) is 37.6 Å². The SMILES string of the molecule is CCN(CC(=O)Nc1cc(S(=O)(=O)N2CCCCCC2)ccc1OC)CC(C)C(=O)OC. The number of methoxy groups -OCH3 is 2. The van der Waals surface area contributed by atoms with Crippen molar-refractivity contribution in [2.75, 3.05) is 52.3 Å². The first-order valence-electron chi connectivity index (χ1n) is 11.0. The van der Waals surface area contributed by atoms with Gasteiger partial charge in [-0.1, -0.05) is 26.7 Å². The fourth-order valence-corrected chi connectivity index (χ4v) is 5.28. The van der Waals surface area contributed by atoms with E-state index in [1.165, 1.54) is 30.7 Å². The van der Waals surface area contributed by atoms with Crippen LogP contribution in [-0.4, -0.2) is 76.4 Å². The Balaban J connectivity index is 2.16. The van der Waals surface area contributed by atoms with Crippen LogP contribution in [0.3, 0.4) is 0 Å². The molecule has 2 rings (SSSR count). The van der Waals surface area contributed by atoms with Gasteiger partial charge >= 0.3 is 5.97 Å². The van der Waals surface area contributed by atoms with Gasteiger partial charge in [0.05, 0.1) is 37.3 Å². The first kappa shape index (κ1) is 26.1. The van der Waals surface area contributed by atoms with E-state index >= 15 is 0 Å². The molecule has 180 valence electrons. The number of hydrogen-bond donors (Lipinski definition) is 1. The lowest BCUT2D eigenvalue weighted by Gasteiger charge is -2.23. The minimum absolute atomic E-state index is 0.0457. The van der Waals surface area contributed by atoms with Crippen LogP contribution < -0.4 is 10.1 Å². The highest BCUT2D eigenvalue weighted by Crippen LogP contribution is 2.30.